The number of halogens is 1. The summed E-state index contributed by atoms with van der Waals surface area (Å²) in [6.07, 6.45) is 1.94. The Morgan fingerprint density at radius 1 is 1.15 bits per heavy atom. The molecule has 114 valence electrons. The van der Waals surface area contributed by atoms with Crippen LogP contribution in [0.4, 0.5) is 4.39 Å². The molecule has 0 aliphatic carbocycles. The SMILES string of the molecule is CCNCC(CCOCCOC)Cc1ccc(F)cc1. The molecule has 0 heterocycles. The van der Waals surface area contributed by atoms with Gasteiger partial charge in [-0.25, -0.2) is 4.39 Å². The lowest BCUT2D eigenvalue weighted by atomic mass is 9.96. The quantitative estimate of drug-likeness (QED) is 0.633. The topological polar surface area (TPSA) is 30.5 Å². The van der Waals surface area contributed by atoms with Crippen LogP contribution in [0.5, 0.6) is 0 Å². The normalized spacial score (nSPS) is 12.6. The zero-order valence-electron chi connectivity index (χ0n) is 12.5. The summed E-state index contributed by atoms with van der Waals surface area (Å²) in [5.74, 6) is 0.322. The highest BCUT2D eigenvalue weighted by Gasteiger charge is 2.09. The van der Waals surface area contributed by atoms with Crippen molar-refractivity contribution in [3.05, 3.63) is 35.6 Å². The van der Waals surface area contributed by atoms with Crippen molar-refractivity contribution in [1.82, 2.24) is 5.32 Å². The van der Waals surface area contributed by atoms with Gasteiger partial charge in [-0.3, -0.25) is 0 Å². The molecular formula is C16H26FNO2. The molecule has 0 fully saturated rings. The summed E-state index contributed by atoms with van der Waals surface area (Å²) < 4.78 is 23.4. The Morgan fingerprint density at radius 2 is 1.90 bits per heavy atom. The highest BCUT2D eigenvalue weighted by atomic mass is 19.1. The maximum Gasteiger partial charge on any atom is 0.123 e. The number of hydrogen-bond donors (Lipinski definition) is 1. The summed E-state index contributed by atoms with van der Waals surface area (Å²) in [5.41, 5.74) is 1.17. The van der Waals surface area contributed by atoms with Crippen LogP contribution in [0.1, 0.15) is 18.9 Å². The number of ether oxygens (including phenoxy) is 2. The van der Waals surface area contributed by atoms with Crippen LogP contribution in [0.15, 0.2) is 24.3 Å². The summed E-state index contributed by atoms with van der Waals surface area (Å²) in [6.45, 7) is 6.04. The Bertz CT molecular complexity index is 343. The lowest BCUT2D eigenvalue weighted by molar-refractivity contribution is 0.0636. The van der Waals surface area contributed by atoms with Gasteiger partial charge in [0.15, 0.2) is 0 Å². The van der Waals surface area contributed by atoms with Gasteiger partial charge in [-0.1, -0.05) is 19.1 Å². The van der Waals surface area contributed by atoms with Crippen LogP contribution < -0.4 is 5.32 Å². The van der Waals surface area contributed by atoms with Gasteiger partial charge in [0.1, 0.15) is 5.82 Å². The van der Waals surface area contributed by atoms with Gasteiger partial charge in [-0.2, -0.15) is 0 Å². The summed E-state index contributed by atoms with van der Waals surface area (Å²) in [6, 6.07) is 6.77. The van der Waals surface area contributed by atoms with Gasteiger partial charge in [0, 0.05) is 13.7 Å². The van der Waals surface area contributed by atoms with E-state index in [4.69, 9.17) is 9.47 Å². The first-order valence-electron chi connectivity index (χ1n) is 7.28. The largest absolute Gasteiger partial charge is 0.382 e. The molecule has 20 heavy (non-hydrogen) atoms. The second-order valence-corrected chi connectivity index (χ2v) is 4.90. The molecule has 3 nitrogen and oxygen atoms in total. The molecule has 0 saturated heterocycles. The van der Waals surface area contributed by atoms with Crippen molar-refractivity contribution in [1.29, 1.82) is 0 Å². The number of hydrogen-bond acceptors (Lipinski definition) is 3. The van der Waals surface area contributed by atoms with Crippen molar-refractivity contribution in [2.45, 2.75) is 19.8 Å². The van der Waals surface area contributed by atoms with Crippen LogP contribution >= 0.6 is 0 Å². The minimum Gasteiger partial charge on any atom is -0.382 e. The Hall–Kier alpha value is -0.970. The first kappa shape index (κ1) is 17.1. The van der Waals surface area contributed by atoms with Crippen molar-refractivity contribution in [3.63, 3.8) is 0 Å². The number of nitrogens with one attached hydrogen (secondary N) is 1. The zero-order chi connectivity index (χ0) is 14.6. The molecule has 1 aromatic carbocycles. The molecule has 0 aliphatic heterocycles. The zero-order valence-corrected chi connectivity index (χ0v) is 12.5. The minimum atomic E-state index is -0.181. The minimum absolute atomic E-state index is 0.181. The van der Waals surface area contributed by atoms with E-state index in [1.807, 2.05) is 12.1 Å². The fourth-order valence-corrected chi connectivity index (χ4v) is 2.07. The van der Waals surface area contributed by atoms with Crippen molar-refractivity contribution in [2.75, 3.05) is 40.0 Å². The average Bonchev–Trinajstić information content (AvgIpc) is 2.46. The standard InChI is InChI=1S/C16H26FNO2/c1-3-18-13-15(8-9-20-11-10-19-2)12-14-4-6-16(17)7-5-14/h4-7,15,18H,3,8-13H2,1-2H3. The first-order chi connectivity index (χ1) is 9.76. The van der Waals surface area contributed by atoms with Gasteiger partial charge in [0.2, 0.25) is 0 Å². The third kappa shape index (κ3) is 7.58. The Morgan fingerprint density at radius 3 is 2.55 bits per heavy atom. The van der Waals surface area contributed by atoms with Crippen molar-refractivity contribution >= 4 is 0 Å². The Labute approximate surface area is 121 Å². The number of rotatable bonds is 11. The van der Waals surface area contributed by atoms with E-state index in [1.54, 1.807) is 7.11 Å². The monoisotopic (exact) mass is 283 g/mol. The molecule has 0 aromatic heterocycles. The van der Waals surface area contributed by atoms with Crippen molar-refractivity contribution in [3.8, 4) is 0 Å². The van der Waals surface area contributed by atoms with Gasteiger partial charge >= 0.3 is 0 Å². The summed E-state index contributed by atoms with van der Waals surface area (Å²) in [5, 5.41) is 3.38. The maximum atomic E-state index is 12.9. The number of methoxy groups -OCH3 is 1. The van der Waals surface area contributed by atoms with E-state index in [0.29, 0.717) is 19.1 Å². The summed E-state index contributed by atoms with van der Waals surface area (Å²) in [7, 11) is 1.67. The third-order valence-corrected chi connectivity index (χ3v) is 3.22. The third-order valence-electron chi connectivity index (χ3n) is 3.22. The predicted molar refractivity (Wildman–Crippen MR) is 79.4 cm³/mol. The van der Waals surface area contributed by atoms with Gasteiger partial charge in [0.05, 0.1) is 13.2 Å². The molecule has 0 bridgehead atoms. The molecule has 0 aliphatic rings. The lowest BCUT2D eigenvalue weighted by Crippen LogP contribution is -2.25. The van der Waals surface area contributed by atoms with Gasteiger partial charge in [-0.05, 0) is 49.5 Å². The molecule has 1 rings (SSSR count). The van der Waals surface area contributed by atoms with E-state index in [2.05, 4.69) is 12.2 Å². The first-order valence-corrected chi connectivity index (χ1v) is 7.28. The van der Waals surface area contributed by atoms with Crippen LogP contribution in [0, 0.1) is 11.7 Å². The second kappa shape index (κ2) is 10.8. The average molecular weight is 283 g/mol. The van der Waals surface area contributed by atoms with Crippen molar-refractivity contribution in [2.24, 2.45) is 5.92 Å². The van der Waals surface area contributed by atoms with E-state index in [0.717, 1.165) is 32.5 Å². The Kier molecular flexibility index (Phi) is 9.20. The second-order valence-electron chi connectivity index (χ2n) is 4.90. The van der Waals surface area contributed by atoms with Gasteiger partial charge in [0.25, 0.3) is 0 Å². The van der Waals surface area contributed by atoms with E-state index in [9.17, 15) is 4.39 Å². The fourth-order valence-electron chi connectivity index (χ4n) is 2.07. The van der Waals surface area contributed by atoms with Crippen LogP contribution in [-0.4, -0.2) is 40.0 Å². The molecule has 0 spiro atoms. The summed E-state index contributed by atoms with van der Waals surface area (Å²) >= 11 is 0. The molecular weight excluding hydrogens is 257 g/mol. The van der Waals surface area contributed by atoms with Gasteiger partial charge < -0.3 is 14.8 Å². The lowest BCUT2D eigenvalue weighted by Gasteiger charge is -2.17. The molecule has 1 atom stereocenters. The van der Waals surface area contributed by atoms with Crippen LogP contribution in [-0.2, 0) is 15.9 Å². The Balaban J connectivity index is 2.36. The highest BCUT2D eigenvalue weighted by molar-refractivity contribution is 5.16. The predicted octanol–water partition coefficient (Wildman–Crippen LogP) is 2.65. The fraction of sp³-hybridized carbons (Fsp3) is 0.625. The smallest absolute Gasteiger partial charge is 0.123 e. The molecule has 4 heteroatoms. The molecule has 1 unspecified atom stereocenters. The van der Waals surface area contributed by atoms with E-state index >= 15 is 0 Å². The van der Waals surface area contributed by atoms with E-state index in [1.165, 1.54) is 17.7 Å². The number of benzene rings is 1. The molecule has 0 saturated carbocycles. The van der Waals surface area contributed by atoms with Crippen LogP contribution in [0.3, 0.4) is 0 Å². The van der Waals surface area contributed by atoms with E-state index in [-0.39, 0.29) is 5.82 Å². The molecule has 0 radical (unpaired) electrons. The molecule has 1 N–H and O–H groups in total. The van der Waals surface area contributed by atoms with E-state index < -0.39 is 0 Å². The molecule has 1 aromatic rings. The van der Waals surface area contributed by atoms with Crippen molar-refractivity contribution < 1.29 is 13.9 Å². The summed E-state index contributed by atoms with van der Waals surface area (Å²) in [4.78, 5) is 0. The maximum absolute atomic E-state index is 12.9. The highest BCUT2D eigenvalue weighted by Crippen LogP contribution is 2.13. The van der Waals surface area contributed by atoms with Crippen LogP contribution in [0.2, 0.25) is 0 Å². The molecule has 0 amide bonds. The van der Waals surface area contributed by atoms with Crippen LogP contribution in [0.25, 0.3) is 0 Å². The van der Waals surface area contributed by atoms with Gasteiger partial charge in [-0.15, -0.1) is 0 Å².